The van der Waals surface area contributed by atoms with Gasteiger partial charge in [0.1, 0.15) is 0 Å². The van der Waals surface area contributed by atoms with Gasteiger partial charge >= 0.3 is 7.12 Å². The SMILES string of the molecule is CC(C)c1cccc(B(O)ON)c1. The molecule has 70 valence electrons. The summed E-state index contributed by atoms with van der Waals surface area (Å²) in [6.45, 7) is 4.18. The number of hydrogen-bond donors (Lipinski definition) is 2. The summed E-state index contributed by atoms with van der Waals surface area (Å²) < 4.78 is 4.33. The van der Waals surface area contributed by atoms with E-state index in [0.29, 0.717) is 11.4 Å². The second-order valence-corrected chi connectivity index (χ2v) is 3.31. The highest BCUT2D eigenvalue weighted by Gasteiger charge is 2.15. The summed E-state index contributed by atoms with van der Waals surface area (Å²) in [6, 6.07) is 7.57. The van der Waals surface area contributed by atoms with E-state index in [-0.39, 0.29) is 0 Å². The quantitative estimate of drug-likeness (QED) is 0.521. The van der Waals surface area contributed by atoms with Crippen molar-refractivity contribution in [1.29, 1.82) is 0 Å². The van der Waals surface area contributed by atoms with Crippen molar-refractivity contribution >= 4 is 12.6 Å². The van der Waals surface area contributed by atoms with Gasteiger partial charge in [-0.25, -0.2) is 5.90 Å². The maximum atomic E-state index is 9.29. The summed E-state index contributed by atoms with van der Waals surface area (Å²) in [6.07, 6.45) is 0. The molecule has 1 aromatic carbocycles. The van der Waals surface area contributed by atoms with Crippen LogP contribution in [-0.4, -0.2) is 12.1 Å². The number of benzene rings is 1. The van der Waals surface area contributed by atoms with E-state index >= 15 is 0 Å². The van der Waals surface area contributed by atoms with Crippen LogP contribution < -0.4 is 11.4 Å². The average Bonchev–Trinajstić information content (AvgIpc) is 2.17. The lowest BCUT2D eigenvalue weighted by Gasteiger charge is -2.08. The molecule has 0 aliphatic heterocycles. The van der Waals surface area contributed by atoms with Gasteiger partial charge in [0.15, 0.2) is 0 Å². The third-order valence-electron chi connectivity index (χ3n) is 1.99. The molecular weight excluding hydrogens is 165 g/mol. The molecule has 0 unspecified atom stereocenters. The lowest BCUT2D eigenvalue weighted by Crippen LogP contribution is -2.36. The minimum absolute atomic E-state index is 0.435. The highest BCUT2D eigenvalue weighted by Crippen LogP contribution is 2.11. The molecule has 0 amide bonds. The Bertz CT molecular complexity index is 278. The third-order valence-corrected chi connectivity index (χ3v) is 1.99. The fourth-order valence-corrected chi connectivity index (χ4v) is 1.15. The zero-order valence-corrected chi connectivity index (χ0v) is 7.90. The van der Waals surface area contributed by atoms with Gasteiger partial charge in [-0.1, -0.05) is 38.1 Å². The highest BCUT2D eigenvalue weighted by molar-refractivity contribution is 6.59. The normalized spacial score (nSPS) is 10.5. The Kier molecular flexibility index (Phi) is 3.48. The molecule has 0 atom stereocenters. The van der Waals surface area contributed by atoms with Crippen molar-refractivity contribution in [3.63, 3.8) is 0 Å². The zero-order valence-electron chi connectivity index (χ0n) is 7.90. The fourth-order valence-electron chi connectivity index (χ4n) is 1.15. The summed E-state index contributed by atoms with van der Waals surface area (Å²) in [5, 5.41) is 9.29. The lowest BCUT2D eigenvalue weighted by molar-refractivity contribution is 0.281. The van der Waals surface area contributed by atoms with Crippen LogP contribution in [0.2, 0.25) is 0 Å². The molecule has 3 N–H and O–H groups in total. The third kappa shape index (κ3) is 2.55. The van der Waals surface area contributed by atoms with Crippen LogP contribution >= 0.6 is 0 Å². The van der Waals surface area contributed by atoms with Gasteiger partial charge in [0.25, 0.3) is 0 Å². The van der Waals surface area contributed by atoms with E-state index < -0.39 is 7.12 Å². The Hall–Kier alpha value is -0.835. The molecule has 0 aliphatic rings. The van der Waals surface area contributed by atoms with Crippen molar-refractivity contribution in [3.05, 3.63) is 29.8 Å². The van der Waals surface area contributed by atoms with Gasteiger partial charge < -0.3 is 9.78 Å². The van der Waals surface area contributed by atoms with Gasteiger partial charge in [0, 0.05) is 0 Å². The fraction of sp³-hybridized carbons (Fsp3) is 0.333. The Morgan fingerprint density at radius 3 is 2.69 bits per heavy atom. The van der Waals surface area contributed by atoms with Gasteiger partial charge in [-0.3, -0.25) is 0 Å². The first-order valence-electron chi connectivity index (χ1n) is 4.28. The average molecular weight is 179 g/mol. The molecule has 0 aliphatic carbocycles. The zero-order chi connectivity index (χ0) is 9.84. The van der Waals surface area contributed by atoms with Crippen LogP contribution in [0.1, 0.15) is 25.3 Å². The molecule has 4 heteroatoms. The van der Waals surface area contributed by atoms with Crippen LogP contribution in [0, 0.1) is 0 Å². The first-order valence-corrected chi connectivity index (χ1v) is 4.28. The van der Waals surface area contributed by atoms with Crippen LogP contribution in [-0.2, 0) is 4.76 Å². The summed E-state index contributed by atoms with van der Waals surface area (Å²) >= 11 is 0. The van der Waals surface area contributed by atoms with Gasteiger partial charge in [-0.05, 0) is 16.9 Å². The Balaban J connectivity index is 2.91. The molecule has 3 nitrogen and oxygen atoms in total. The Morgan fingerprint density at radius 2 is 2.15 bits per heavy atom. The van der Waals surface area contributed by atoms with Crippen molar-refractivity contribution in [1.82, 2.24) is 0 Å². The summed E-state index contributed by atoms with van der Waals surface area (Å²) in [5.74, 6) is 5.32. The van der Waals surface area contributed by atoms with Gasteiger partial charge in [-0.15, -0.1) is 0 Å². The van der Waals surface area contributed by atoms with E-state index in [4.69, 9.17) is 5.90 Å². The standard InChI is InChI=1S/C9H14BNO2/c1-7(2)8-4-3-5-9(6-8)10(12)13-11/h3-7,12H,11H2,1-2H3. The smallest absolute Gasteiger partial charge is 0.422 e. The molecular formula is C9H14BNO2. The number of nitrogens with two attached hydrogens (primary N) is 1. The second kappa shape index (κ2) is 4.41. The predicted molar refractivity (Wildman–Crippen MR) is 53.4 cm³/mol. The first-order chi connectivity index (χ1) is 6.15. The first kappa shape index (κ1) is 10.2. The molecule has 0 radical (unpaired) electrons. The van der Waals surface area contributed by atoms with E-state index in [2.05, 4.69) is 18.6 Å². The molecule has 1 aromatic rings. The Labute approximate surface area is 78.6 Å². The molecule has 0 saturated carbocycles. The molecule has 13 heavy (non-hydrogen) atoms. The van der Waals surface area contributed by atoms with E-state index in [1.165, 1.54) is 0 Å². The largest absolute Gasteiger partial charge is 0.508 e. The Morgan fingerprint density at radius 1 is 1.46 bits per heavy atom. The maximum absolute atomic E-state index is 9.29. The lowest BCUT2D eigenvalue weighted by atomic mass is 9.78. The van der Waals surface area contributed by atoms with Crippen molar-refractivity contribution in [2.75, 3.05) is 0 Å². The summed E-state index contributed by atoms with van der Waals surface area (Å²) in [5.41, 5.74) is 1.85. The molecule has 0 aromatic heterocycles. The molecule has 0 fully saturated rings. The topological polar surface area (TPSA) is 55.5 Å². The molecule has 0 spiro atoms. The van der Waals surface area contributed by atoms with Crippen LogP contribution in [0.3, 0.4) is 0 Å². The van der Waals surface area contributed by atoms with E-state index in [1.54, 1.807) is 6.07 Å². The van der Waals surface area contributed by atoms with Crippen molar-refractivity contribution in [3.8, 4) is 0 Å². The van der Waals surface area contributed by atoms with E-state index in [1.807, 2.05) is 18.2 Å². The molecule has 1 rings (SSSR count). The van der Waals surface area contributed by atoms with Crippen molar-refractivity contribution in [2.24, 2.45) is 5.90 Å². The van der Waals surface area contributed by atoms with Crippen molar-refractivity contribution in [2.45, 2.75) is 19.8 Å². The van der Waals surface area contributed by atoms with Crippen LogP contribution in [0.25, 0.3) is 0 Å². The minimum Gasteiger partial charge on any atom is -0.422 e. The monoisotopic (exact) mass is 179 g/mol. The van der Waals surface area contributed by atoms with Crippen LogP contribution in [0.5, 0.6) is 0 Å². The van der Waals surface area contributed by atoms with Gasteiger partial charge in [-0.2, -0.15) is 0 Å². The van der Waals surface area contributed by atoms with Gasteiger partial charge in [0.05, 0.1) is 0 Å². The number of hydrogen-bond acceptors (Lipinski definition) is 3. The maximum Gasteiger partial charge on any atom is 0.508 e. The van der Waals surface area contributed by atoms with E-state index in [9.17, 15) is 5.02 Å². The molecule has 0 saturated heterocycles. The van der Waals surface area contributed by atoms with Crippen LogP contribution in [0.15, 0.2) is 24.3 Å². The second-order valence-electron chi connectivity index (χ2n) is 3.31. The highest BCUT2D eigenvalue weighted by atomic mass is 16.6. The molecule has 0 bridgehead atoms. The number of rotatable bonds is 3. The molecule has 0 heterocycles. The summed E-state index contributed by atoms with van der Waals surface area (Å²) in [7, 11) is -1.03. The van der Waals surface area contributed by atoms with Crippen molar-refractivity contribution < 1.29 is 9.78 Å². The van der Waals surface area contributed by atoms with Crippen LogP contribution in [0.4, 0.5) is 0 Å². The summed E-state index contributed by atoms with van der Waals surface area (Å²) in [4.78, 5) is 0. The van der Waals surface area contributed by atoms with Gasteiger partial charge in [0.2, 0.25) is 0 Å². The minimum atomic E-state index is -1.03. The predicted octanol–water partition coefficient (Wildman–Crippen LogP) is 0.388. The van der Waals surface area contributed by atoms with E-state index in [0.717, 1.165) is 5.56 Å².